The first kappa shape index (κ1) is 18.0. The highest BCUT2D eigenvalue weighted by Crippen LogP contribution is 2.61. The Bertz CT molecular complexity index is 726. The van der Waals surface area contributed by atoms with E-state index in [1.807, 2.05) is 6.07 Å². The van der Waals surface area contributed by atoms with Crippen molar-refractivity contribution in [1.82, 2.24) is 0 Å². The molecule has 0 saturated heterocycles. The summed E-state index contributed by atoms with van der Waals surface area (Å²) < 4.78 is 6.24. The van der Waals surface area contributed by atoms with E-state index in [9.17, 15) is 9.90 Å². The van der Waals surface area contributed by atoms with Gasteiger partial charge < -0.3 is 15.6 Å². The maximum Gasteiger partial charge on any atom is 0.252 e. The number of nitrogens with two attached hydrogens (primary N) is 1. The SMILES string of the molecule is C=C1CC[C@@]2(OC)[C@H](C)Cc3ccc(C(N)=O)c(O)c3[C@@]2(CCC)C1. The number of aromatic hydroxyl groups is 1. The molecule has 1 amide bonds. The van der Waals surface area contributed by atoms with Crippen molar-refractivity contribution in [2.45, 2.75) is 63.4 Å². The third kappa shape index (κ3) is 2.34. The Hall–Kier alpha value is -1.81. The Morgan fingerprint density at radius 3 is 2.80 bits per heavy atom. The minimum absolute atomic E-state index is 0.0430. The van der Waals surface area contributed by atoms with Gasteiger partial charge in [0.1, 0.15) is 5.75 Å². The van der Waals surface area contributed by atoms with Crippen LogP contribution in [0.2, 0.25) is 0 Å². The lowest BCUT2D eigenvalue weighted by Crippen LogP contribution is -2.62. The number of amides is 1. The molecule has 2 aliphatic rings. The maximum atomic E-state index is 11.8. The Morgan fingerprint density at radius 1 is 1.48 bits per heavy atom. The van der Waals surface area contributed by atoms with Gasteiger partial charge in [0.05, 0.1) is 11.2 Å². The van der Waals surface area contributed by atoms with Crippen LogP contribution in [0.25, 0.3) is 0 Å². The molecule has 25 heavy (non-hydrogen) atoms. The number of phenols is 1. The molecule has 1 aromatic carbocycles. The topological polar surface area (TPSA) is 72.5 Å². The van der Waals surface area contributed by atoms with E-state index < -0.39 is 5.91 Å². The molecule has 1 saturated carbocycles. The number of benzene rings is 1. The summed E-state index contributed by atoms with van der Waals surface area (Å²) in [5.41, 5.74) is 8.14. The number of carbonyl (C=O) groups is 1. The number of carbonyl (C=O) groups excluding carboxylic acids is 1. The zero-order valence-corrected chi connectivity index (χ0v) is 15.5. The van der Waals surface area contributed by atoms with Gasteiger partial charge in [0, 0.05) is 18.1 Å². The number of fused-ring (bicyclic) bond motifs is 3. The lowest BCUT2D eigenvalue weighted by Gasteiger charge is -2.60. The lowest BCUT2D eigenvalue weighted by atomic mass is 9.49. The van der Waals surface area contributed by atoms with Crippen molar-refractivity contribution in [3.8, 4) is 5.75 Å². The molecule has 3 atom stereocenters. The molecule has 0 radical (unpaired) electrons. The summed E-state index contributed by atoms with van der Waals surface area (Å²) in [6.07, 6.45) is 5.28. The van der Waals surface area contributed by atoms with Crippen molar-refractivity contribution in [3.05, 3.63) is 41.0 Å². The standard InChI is InChI=1S/C21H29NO3/c1-5-9-20-12-13(2)8-10-21(20,25-4)14(3)11-15-6-7-16(19(22)24)18(23)17(15)20/h6-7,14,23H,2,5,8-12H2,1,3-4H3,(H2,22,24)/t14-,20-,21-/m1/s1. The predicted molar refractivity (Wildman–Crippen MR) is 98.8 cm³/mol. The molecule has 1 aromatic rings. The molecular weight excluding hydrogens is 314 g/mol. The molecule has 4 nitrogen and oxygen atoms in total. The average molecular weight is 343 g/mol. The van der Waals surface area contributed by atoms with Gasteiger partial charge in [-0.15, -0.1) is 0 Å². The third-order valence-corrected chi connectivity index (χ3v) is 6.58. The number of hydrogen-bond donors (Lipinski definition) is 2. The number of rotatable bonds is 4. The molecule has 2 aliphatic carbocycles. The summed E-state index contributed by atoms with van der Waals surface area (Å²) >= 11 is 0. The molecule has 0 heterocycles. The lowest BCUT2D eigenvalue weighted by molar-refractivity contribution is -0.139. The highest BCUT2D eigenvalue weighted by Gasteiger charge is 2.61. The van der Waals surface area contributed by atoms with Gasteiger partial charge in [-0.2, -0.15) is 0 Å². The van der Waals surface area contributed by atoms with Crippen molar-refractivity contribution >= 4 is 5.91 Å². The monoisotopic (exact) mass is 343 g/mol. The van der Waals surface area contributed by atoms with E-state index in [1.165, 1.54) is 5.57 Å². The van der Waals surface area contributed by atoms with Crippen LogP contribution in [-0.2, 0) is 16.6 Å². The van der Waals surface area contributed by atoms with Gasteiger partial charge in [0.15, 0.2) is 0 Å². The van der Waals surface area contributed by atoms with Crippen LogP contribution in [0.1, 0.15) is 67.4 Å². The molecule has 0 aliphatic heterocycles. The quantitative estimate of drug-likeness (QED) is 0.816. The van der Waals surface area contributed by atoms with Crippen LogP contribution >= 0.6 is 0 Å². The first-order valence-corrected chi connectivity index (χ1v) is 9.20. The van der Waals surface area contributed by atoms with Gasteiger partial charge >= 0.3 is 0 Å². The molecule has 0 bridgehead atoms. The van der Waals surface area contributed by atoms with Crippen molar-refractivity contribution in [2.24, 2.45) is 11.7 Å². The molecule has 4 heteroatoms. The highest BCUT2D eigenvalue weighted by atomic mass is 16.5. The van der Waals surface area contributed by atoms with Crippen LogP contribution in [0, 0.1) is 5.92 Å². The van der Waals surface area contributed by atoms with Crippen LogP contribution in [0.5, 0.6) is 5.75 Å². The summed E-state index contributed by atoms with van der Waals surface area (Å²) in [5, 5.41) is 11.0. The molecule has 3 rings (SSSR count). The van der Waals surface area contributed by atoms with Crippen LogP contribution in [0.15, 0.2) is 24.3 Å². The fourth-order valence-electron chi connectivity index (χ4n) is 5.67. The molecule has 1 fully saturated rings. The Morgan fingerprint density at radius 2 is 2.20 bits per heavy atom. The average Bonchev–Trinajstić information content (AvgIpc) is 2.54. The van der Waals surface area contributed by atoms with Crippen LogP contribution < -0.4 is 5.73 Å². The Balaban J connectivity index is 2.36. The van der Waals surface area contributed by atoms with Crippen molar-refractivity contribution < 1.29 is 14.6 Å². The summed E-state index contributed by atoms with van der Waals surface area (Å²) in [6, 6.07) is 3.61. The molecule has 3 N–H and O–H groups in total. The van der Waals surface area contributed by atoms with E-state index >= 15 is 0 Å². The van der Waals surface area contributed by atoms with Crippen molar-refractivity contribution in [2.75, 3.05) is 7.11 Å². The summed E-state index contributed by atoms with van der Waals surface area (Å²) in [4.78, 5) is 11.8. The number of allylic oxidation sites excluding steroid dienone is 1. The molecule has 136 valence electrons. The molecule has 0 aromatic heterocycles. The van der Waals surface area contributed by atoms with Crippen LogP contribution in [0.3, 0.4) is 0 Å². The number of primary amides is 1. The second kappa shape index (κ2) is 6.17. The van der Waals surface area contributed by atoms with E-state index in [2.05, 4.69) is 20.4 Å². The Kier molecular flexibility index (Phi) is 4.44. The predicted octanol–water partition coefficient (Wildman–Crippen LogP) is 3.85. The zero-order valence-electron chi connectivity index (χ0n) is 15.5. The normalized spacial score (nSPS) is 31.3. The largest absolute Gasteiger partial charge is 0.507 e. The fraction of sp³-hybridized carbons (Fsp3) is 0.571. The number of hydrogen-bond acceptors (Lipinski definition) is 3. The third-order valence-electron chi connectivity index (χ3n) is 6.58. The van der Waals surface area contributed by atoms with E-state index in [1.54, 1.807) is 13.2 Å². The van der Waals surface area contributed by atoms with E-state index in [-0.39, 0.29) is 22.3 Å². The van der Waals surface area contributed by atoms with E-state index in [0.29, 0.717) is 5.92 Å². The van der Waals surface area contributed by atoms with Gasteiger partial charge in [-0.1, -0.05) is 38.5 Å². The van der Waals surface area contributed by atoms with Gasteiger partial charge in [0.25, 0.3) is 5.91 Å². The summed E-state index contributed by atoms with van der Waals surface area (Å²) in [5.74, 6) is -0.229. The van der Waals surface area contributed by atoms with Gasteiger partial charge in [0.2, 0.25) is 0 Å². The van der Waals surface area contributed by atoms with Crippen LogP contribution in [-0.4, -0.2) is 23.7 Å². The van der Waals surface area contributed by atoms with Gasteiger partial charge in [-0.05, 0) is 49.7 Å². The van der Waals surface area contributed by atoms with E-state index in [0.717, 1.165) is 49.7 Å². The minimum Gasteiger partial charge on any atom is -0.507 e. The van der Waals surface area contributed by atoms with E-state index in [4.69, 9.17) is 10.5 Å². The Labute approximate surface area is 150 Å². The molecule has 0 unspecified atom stereocenters. The summed E-state index contributed by atoms with van der Waals surface area (Å²) in [7, 11) is 1.79. The second-order valence-corrected chi connectivity index (χ2v) is 7.82. The molecular formula is C21H29NO3. The van der Waals surface area contributed by atoms with Gasteiger partial charge in [-0.3, -0.25) is 4.79 Å². The molecule has 0 spiro atoms. The number of methoxy groups -OCH3 is 1. The zero-order chi connectivity index (χ0) is 18.4. The second-order valence-electron chi connectivity index (χ2n) is 7.82. The van der Waals surface area contributed by atoms with Crippen molar-refractivity contribution in [3.63, 3.8) is 0 Å². The highest BCUT2D eigenvalue weighted by molar-refractivity contribution is 5.96. The first-order chi connectivity index (χ1) is 11.8. The van der Waals surface area contributed by atoms with Crippen molar-refractivity contribution in [1.29, 1.82) is 0 Å². The minimum atomic E-state index is -0.594. The van der Waals surface area contributed by atoms with Crippen LogP contribution in [0.4, 0.5) is 0 Å². The number of ether oxygens (including phenoxy) is 1. The maximum absolute atomic E-state index is 11.8. The van der Waals surface area contributed by atoms with Gasteiger partial charge in [-0.25, -0.2) is 0 Å². The summed E-state index contributed by atoms with van der Waals surface area (Å²) in [6.45, 7) is 8.65. The first-order valence-electron chi connectivity index (χ1n) is 9.20. The fourth-order valence-corrected chi connectivity index (χ4v) is 5.67. The smallest absolute Gasteiger partial charge is 0.252 e.